The Morgan fingerprint density at radius 3 is 2.95 bits per heavy atom. The smallest absolute Gasteiger partial charge is 0.223 e. The van der Waals surface area contributed by atoms with Crippen LogP contribution in [0.3, 0.4) is 0 Å². The Kier molecular flexibility index (Phi) is 3.53. The highest BCUT2D eigenvalue weighted by molar-refractivity contribution is 8.16. The van der Waals surface area contributed by atoms with E-state index in [9.17, 15) is 0 Å². The third kappa shape index (κ3) is 2.84. The van der Waals surface area contributed by atoms with Crippen molar-refractivity contribution >= 4 is 40.2 Å². The highest BCUT2D eigenvalue weighted by atomic mass is 32.2. The van der Waals surface area contributed by atoms with Crippen LogP contribution in [0.4, 0.5) is 5.69 Å². The van der Waals surface area contributed by atoms with Gasteiger partial charge in [-0.15, -0.1) is 0 Å². The number of thioether (sulfide) groups is 1. The van der Waals surface area contributed by atoms with Crippen molar-refractivity contribution in [2.24, 2.45) is 32.2 Å². The van der Waals surface area contributed by atoms with Crippen LogP contribution < -0.4 is 17.2 Å². The van der Waals surface area contributed by atoms with Crippen LogP contribution >= 0.6 is 11.8 Å². The van der Waals surface area contributed by atoms with E-state index in [0.29, 0.717) is 5.69 Å². The maximum atomic E-state index is 5.65. The SMILES string of the molecule is NC(N)=NC(N)=Nc1cccc(C2=CSC3=NCCN23)c1. The van der Waals surface area contributed by atoms with Gasteiger partial charge in [0, 0.05) is 17.5 Å². The Morgan fingerprint density at radius 1 is 1.29 bits per heavy atom. The summed E-state index contributed by atoms with van der Waals surface area (Å²) in [6, 6.07) is 7.75. The zero-order valence-corrected chi connectivity index (χ0v) is 12.0. The summed E-state index contributed by atoms with van der Waals surface area (Å²) >= 11 is 1.64. The second-order valence-electron chi connectivity index (χ2n) is 4.49. The third-order valence-electron chi connectivity index (χ3n) is 3.00. The molecule has 0 aliphatic carbocycles. The van der Waals surface area contributed by atoms with Crippen LogP contribution in [0.15, 0.2) is 44.7 Å². The van der Waals surface area contributed by atoms with E-state index < -0.39 is 0 Å². The van der Waals surface area contributed by atoms with Gasteiger partial charge in [-0.05, 0) is 12.1 Å². The van der Waals surface area contributed by atoms with Crippen LogP contribution in [-0.2, 0) is 0 Å². The van der Waals surface area contributed by atoms with E-state index in [1.807, 2.05) is 24.3 Å². The fraction of sp³-hybridized carbons (Fsp3) is 0.154. The fourth-order valence-corrected chi connectivity index (χ4v) is 3.13. The Labute approximate surface area is 126 Å². The van der Waals surface area contributed by atoms with E-state index in [1.54, 1.807) is 11.8 Å². The molecule has 8 heteroatoms. The van der Waals surface area contributed by atoms with Crippen LogP contribution in [0.25, 0.3) is 5.70 Å². The highest BCUT2D eigenvalue weighted by Gasteiger charge is 2.26. The lowest BCUT2D eigenvalue weighted by molar-refractivity contribution is 0.650. The van der Waals surface area contributed by atoms with E-state index in [4.69, 9.17) is 17.2 Å². The first kappa shape index (κ1) is 13.5. The molecule has 2 heterocycles. The molecule has 0 aromatic heterocycles. The average molecular weight is 301 g/mol. The molecule has 0 saturated carbocycles. The van der Waals surface area contributed by atoms with E-state index >= 15 is 0 Å². The molecule has 6 N–H and O–H groups in total. The Balaban J connectivity index is 1.88. The van der Waals surface area contributed by atoms with Crippen LogP contribution in [0.5, 0.6) is 0 Å². The topological polar surface area (TPSA) is 118 Å². The predicted molar refractivity (Wildman–Crippen MR) is 88.1 cm³/mol. The summed E-state index contributed by atoms with van der Waals surface area (Å²) in [5.74, 6) is -0.0782. The first-order valence-corrected chi connectivity index (χ1v) is 7.24. The largest absolute Gasteiger partial charge is 0.370 e. The maximum Gasteiger partial charge on any atom is 0.223 e. The summed E-state index contributed by atoms with van der Waals surface area (Å²) in [4.78, 5) is 14.5. The summed E-state index contributed by atoms with van der Waals surface area (Å²) in [5, 5.41) is 3.15. The first-order valence-electron chi connectivity index (χ1n) is 6.36. The van der Waals surface area contributed by atoms with Crippen molar-refractivity contribution in [2.45, 2.75) is 0 Å². The number of hydrogen-bond acceptors (Lipinski definition) is 4. The molecular weight excluding hydrogens is 286 g/mol. The molecule has 0 amide bonds. The van der Waals surface area contributed by atoms with Gasteiger partial charge in [0.2, 0.25) is 5.96 Å². The number of rotatable bonds is 2. The average Bonchev–Trinajstić information content (AvgIpc) is 2.99. The summed E-state index contributed by atoms with van der Waals surface area (Å²) in [7, 11) is 0. The monoisotopic (exact) mass is 301 g/mol. The molecule has 108 valence electrons. The van der Waals surface area contributed by atoms with E-state index in [-0.39, 0.29) is 11.9 Å². The highest BCUT2D eigenvalue weighted by Crippen LogP contribution is 2.36. The number of benzene rings is 1. The van der Waals surface area contributed by atoms with Gasteiger partial charge in [-0.3, -0.25) is 4.99 Å². The summed E-state index contributed by atoms with van der Waals surface area (Å²) in [6.45, 7) is 1.76. The Morgan fingerprint density at radius 2 is 2.14 bits per heavy atom. The van der Waals surface area contributed by atoms with Gasteiger partial charge in [0.15, 0.2) is 11.1 Å². The van der Waals surface area contributed by atoms with Gasteiger partial charge in [0.1, 0.15) is 0 Å². The lowest BCUT2D eigenvalue weighted by Crippen LogP contribution is -2.26. The van der Waals surface area contributed by atoms with Gasteiger partial charge in [-0.1, -0.05) is 23.9 Å². The van der Waals surface area contributed by atoms with Gasteiger partial charge in [-0.25, -0.2) is 4.99 Å². The predicted octanol–water partition coefficient (Wildman–Crippen LogP) is 0.623. The zero-order chi connectivity index (χ0) is 14.8. The molecule has 0 bridgehead atoms. The molecule has 2 aliphatic rings. The quantitative estimate of drug-likeness (QED) is 0.546. The molecule has 0 saturated heterocycles. The minimum atomic E-state index is -0.111. The van der Waals surface area contributed by atoms with Crippen molar-refractivity contribution < 1.29 is 0 Å². The second-order valence-corrected chi connectivity index (χ2v) is 5.33. The molecule has 3 rings (SSSR count). The molecule has 0 unspecified atom stereocenters. The molecule has 2 aliphatic heterocycles. The maximum absolute atomic E-state index is 5.65. The minimum absolute atomic E-state index is 0.0327. The molecule has 0 fully saturated rings. The molecule has 21 heavy (non-hydrogen) atoms. The van der Waals surface area contributed by atoms with Gasteiger partial charge in [0.25, 0.3) is 0 Å². The van der Waals surface area contributed by atoms with Crippen molar-refractivity contribution in [1.29, 1.82) is 0 Å². The van der Waals surface area contributed by atoms with Gasteiger partial charge in [-0.2, -0.15) is 4.99 Å². The number of nitrogens with two attached hydrogens (primary N) is 3. The van der Waals surface area contributed by atoms with Gasteiger partial charge >= 0.3 is 0 Å². The van der Waals surface area contributed by atoms with E-state index in [0.717, 1.165) is 29.5 Å². The van der Waals surface area contributed by atoms with Crippen LogP contribution in [0, 0.1) is 0 Å². The van der Waals surface area contributed by atoms with Gasteiger partial charge < -0.3 is 22.1 Å². The van der Waals surface area contributed by atoms with Crippen LogP contribution in [-0.4, -0.2) is 35.1 Å². The molecule has 0 atom stereocenters. The summed E-state index contributed by atoms with van der Waals surface area (Å²) in [5.41, 5.74) is 19.1. The number of fused-ring (bicyclic) bond motifs is 1. The zero-order valence-electron chi connectivity index (χ0n) is 11.2. The van der Waals surface area contributed by atoms with Crippen LogP contribution in [0.2, 0.25) is 0 Å². The lowest BCUT2D eigenvalue weighted by atomic mass is 10.1. The summed E-state index contributed by atoms with van der Waals surface area (Å²) < 4.78 is 0. The number of guanidine groups is 2. The first-order chi connectivity index (χ1) is 10.1. The molecule has 0 radical (unpaired) electrons. The standard InChI is InChI=1S/C13H15N7S/c14-11(15)19-12(16)18-9-3-1-2-8(6-9)10-7-21-13-17-4-5-20(10)13/h1-3,6-7H,4-5H2,(H6,14,15,16,18,19). The Hall–Kier alpha value is -2.48. The van der Waals surface area contributed by atoms with Gasteiger partial charge in [0.05, 0.1) is 17.9 Å². The normalized spacial score (nSPS) is 17.3. The number of hydrogen-bond donors (Lipinski definition) is 3. The van der Waals surface area contributed by atoms with E-state index in [2.05, 4.69) is 25.3 Å². The second kappa shape index (κ2) is 5.49. The van der Waals surface area contributed by atoms with Crippen LogP contribution in [0.1, 0.15) is 5.56 Å². The third-order valence-corrected chi connectivity index (χ3v) is 3.90. The fourth-order valence-electron chi connectivity index (χ4n) is 2.17. The molecule has 0 spiro atoms. The molecule has 7 nitrogen and oxygen atoms in total. The number of nitrogens with zero attached hydrogens (tertiary/aromatic N) is 4. The van der Waals surface area contributed by atoms with Crippen molar-refractivity contribution in [3.63, 3.8) is 0 Å². The summed E-state index contributed by atoms with van der Waals surface area (Å²) in [6.07, 6.45) is 0. The number of aliphatic imine (C=N–C) groups is 3. The van der Waals surface area contributed by atoms with Crippen molar-refractivity contribution in [1.82, 2.24) is 4.90 Å². The molecule has 1 aromatic rings. The Bertz CT molecular complexity index is 686. The molecular formula is C13H15N7S. The van der Waals surface area contributed by atoms with E-state index in [1.165, 1.54) is 0 Å². The molecule has 1 aromatic carbocycles. The van der Waals surface area contributed by atoms with Crippen molar-refractivity contribution in [3.05, 3.63) is 35.2 Å². The lowest BCUT2D eigenvalue weighted by Gasteiger charge is -2.16. The van der Waals surface area contributed by atoms with Crippen molar-refractivity contribution in [3.8, 4) is 0 Å². The van der Waals surface area contributed by atoms with Crippen molar-refractivity contribution in [2.75, 3.05) is 13.1 Å². The number of amidine groups is 1. The minimum Gasteiger partial charge on any atom is -0.370 e.